The lowest BCUT2D eigenvalue weighted by Gasteiger charge is -2.38. The molecule has 0 atom stereocenters. The van der Waals surface area contributed by atoms with Crippen LogP contribution in [0.2, 0.25) is 0 Å². The maximum atomic E-state index is 13.7. The van der Waals surface area contributed by atoms with Crippen LogP contribution in [0.1, 0.15) is 38.5 Å². The Morgan fingerprint density at radius 3 is 0.800 bits per heavy atom. The van der Waals surface area contributed by atoms with Gasteiger partial charge in [-0.15, -0.1) is 0 Å². The Kier molecular flexibility index (Phi) is 14.3. The van der Waals surface area contributed by atoms with Crippen LogP contribution >= 0.6 is 0 Å². The minimum absolute atomic E-state index is 0.142. The second kappa shape index (κ2) is 15.1. The number of carbonyl (C=O) groups excluding carboxylic acids is 2. The molecule has 0 spiro atoms. The van der Waals surface area contributed by atoms with Gasteiger partial charge < -0.3 is 10.6 Å². The molecule has 50 heavy (non-hydrogen) atoms. The van der Waals surface area contributed by atoms with E-state index in [0.717, 1.165) is 10.6 Å². The van der Waals surface area contributed by atoms with E-state index in [0.29, 0.717) is 0 Å². The number of hydrogen-bond donors (Lipinski definition) is 2. The number of halogens is 24. The normalized spacial score (nSPS) is 15.2. The van der Waals surface area contributed by atoms with E-state index in [1.807, 2.05) is 0 Å². The molecular weight excluding hydrogens is 780 g/mol. The van der Waals surface area contributed by atoms with Crippen molar-refractivity contribution in [2.45, 2.75) is 111 Å². The van der Waals surface area contributed by atoms with Crippen LogP contribution in [0.15, 0.2) is 0 Å². The molecular formula is C22H20F24N2O2. The highest BCUT2D eigenvalue weighted by Gasteiger charge is 2.90. The van der Waals surface area contributed by atoms with Gasteiger partial charge in [-0.25, -0.2) is 17.6 Å². The van der Waals surface area contributed by atoms with Gasteiger partial charge in [0.05, 0.1) is 0 Å². The molecule has 0 saturated carbocycles. The van der Waals surface area contributed by atoms with Gasteiger partial charge in [-0.2, -0.15) is 87.8 Å². The number of carbonyl (C=O) groups is 2. The molecule has 0 saturated heterocycles. The van der Waals surface area contributed by atoms with E-state index in [2.05, 4.69) is 0 Å². The zero-order valence-electron chi connectivity index (χ0n) is 23.7. The fraction of sp³-hybridized carbons (Fsp3) is 0.909. The highest BCUT2D eigenvalue weighted by molar-refractivity contribution is 5.85. The van der Waals surface area contributed by atoms with E-state index >= 15 is 0 Å². The summed E-state index contributed by atoms with van der Waals surface area (Å²) in [5, 5.41) is 1.71. The first-order valence-corrected chi connectivity index (χ1v) is 12.8. The quantitative estimate of drug-likeness (QED) is 0.0906. The summed E-state index contributed by atoms with van der Waals surface area (Å²) in [6.07, 6.45) is -13.4. The molecule has 0 radical (unpaired) electrons. The molecule has 0 aliphatic carbocycles. The maximum absolute atomic E-state index is 13.7. The monoisotopic (exact) mass is 800 g/mol. The van der Waals surface area contributed by atoms with Crippen molar-refractivity contribution >= 4 is 11.8 Å². The molecule has 0 aromatic rings. The number of alkyl halides is 24. The highest BCUT2D eigenvalue weighted by atomic mass is 19.4. The van der Waals surface area contributed by atoms with Gasteiger partial charge in [-0.05, 0) is 12.8 Å². The van der Waals surface area contributed by atoms with E-state index in [4.69, 9.17) is 0 Å². The van der Waals surface area contributed by atoms with Crippen molar-refractivity contribution in [1.82, 2.24) is 10.6 Å². The first-order chi connectivity index (χ1) is 21.9. The van der Waals surface area contributed by atoms with Crippen molar-refractivity contribution in [3.8, 4) is 0 Å². The van der Waals surface area contributed by atoms with Gasteiger partial charge in [-0.1, -0.05) is 25.7 Å². The van der Waals surface area contributed by atoms with E-state index in [1.165, 1.54) is 0 Å². The lowest BCUT2D eigenvalue weighted by Crippen LogP contribution is -2.70. The molecule has 0 fully saturated rings. The summed E-state index contributed by atoms with van der Waals surface area (Å²) in [4.78, 5) is 22.6. The van der Waals surface area contributed by atoms with Crippen LogP contribution in [0, 0.1) is 0 Å². The zero-order chi connectivity index (χ0) is 40.4. The van der Waals surface area contributed by atoms with Gasteiger partial charge in [0, 0.05) is 13.1 Å². The summed E-state index contributed by atoms with van der Waals surface area (Å²) in [6, 6.07) is 0. The molecule has 2 N–H and O–H groups in total. The van der Waals surface area contributed by atoms with E-state index in [-0.39, 0.29) is 25.7 Å². The van der Waals surface area contributed by atoms with E-state index in [9.17, 15) is 115 Å². The van der Waals surface area contributed by atoms with Crippen molar-refractivity contribution in [2.24, 2.45) is 0 Å². The average Bonchev–Trinajstić information content (AvgIpc) is 2.96. The second-order valence-corrected chi connectivity index (χ2v) is 10.1. The fourth-order valence-corrected chi connectivity index (χ4v) is 3.35. The van der Waals surface area contributed by atoms with Crippen LogP contribution in [0.5, 0.6) is 0 Å². The first kappa shape index (κ1) is 47.3. The lowest BCUT2D eigenvalue weighted by atomic mass is 9.94. The van der Waals surface area contributed by atoms with Crippen molar-refractivity contribution in [3.63, 3.8) is 0 Å². The molecule has 0 aliphatic heterocycles. The van der Waals surface area contributed by atoms with Gasteiger partial charge >= 0.3 is 72.1 Å². The zero-order valence-corrected chi connectivity index (χ0v) is 23.7. The van der Waals surface area contributed by atoms with Gasteiger partial charge in [0.25, 0.3) is 11.8 Å². The molecule has 0 aromatic heterocycles. The van der Waals surface area contributed by atoms with Gasteiger partial charge in [0.15, 0.2) is 0 Å². The predicted molar refractivity (Wildman–Crippen MR) is 115 cm³/mol. The minimum atomic E-state index is -7.94. The van der Waals surface area contributed by atoms with Crippen molar-refractivity contribution < 1.29 is 115 Å². The third kappa shape index (κ3) is 7.85. The van der Waals surface area contributed by atoms with Gasteiger partial charge in [0.1, 0.15) is 0 Å². The Morgan fingerprint density at radius 2 is 0.580 bits per heavy atom. The summed E-state index contributed by atoms with van der Waals surface area (Å²) in [5.74, 6) is -82.1. The molecule has 0 bridgehead atoms. The first-order valence-electron chi connectivity index (χ1n) is 12.8. The number of rotatable bonds is 21. The van der Waals surface area contributed by atoms with Crippen LogP contribution in [0.25, 0.3) is 0 Å². The smallest absolute Gasteiger partial charge is 0.351 e. The molecule has 298 valence electrons. The molecule has 28 heteroatoms. The Morgan fingerprint density at radius 1 is 0.360 bits per heavy atom. The second-order valence-electron chi connectivity index (χ2n) is 10.1. The molecule has 0 aliphatic rings. The Bertz CT molecular complexity index is 1070. The van der Waals surface area contributed by atoms with Crippen molar-refractivity contribution in [1.29, 1.82) is 0 Å². The van der Waals surface area contributed by atoms with Gasteiger partial charge in [-0.3, -0.25) is 9.59 Å². The summed E-state index contributed by atoms with van der Waals surface area (Å²) < 4.78 is 315. The lowest BCUT2D eigenvalue weighted by molar-refractivity contribution is -0.407. The largest absolute Gasteiger partial charge is 0.392 e. The molecule has 0 aromatic carbocycles. The summed E-state index contributed by atoms with van der Waals surface area (Å²) >= 11 is 0. The van der Waals surface area contributed by atoms with Crippen molar-refractivity contribution in [3.05, 3.63) is 0 Å². The highest BCUT2D eigenvalue weighted by Crippen LogP contribution is 2.59. The molecule has 4 nitrogen and oxygen atoms in total. The number of hydrogen-bond acceptors (Lipinski definition) is 2. The topological polar surface area (TPSA) is 58.2 Å². The van der Waals surface area contributed by atoms with Crippen LogP contribution in [-0.2, 0) is 9.59 Å². The molecule has 0 rings (SSSR count). The standard InChI is InChI=1S/C22H20F24N2O2/c23-9(24)13(27,28)17(35,36)21(43,44)19(39,40)15(31,32)11(49)47-7-5-3-1-2-4-6-8-48-12(50)16(33,34)20(41,42)22(45,46)18(37,38)14(29,30)10(25)26/h9-10H,1-8H2,(H,47,49)(H,48,50). The molecule has 0 unspecified atom stereocenters. The molecule has 0 heterocycles. The average molecular weight is 800 g/mol. The van der Waals surface area contributed by atoms with Crippen LogP contribution in [0.3, 0.4) is 0 Å². The van der Waals surface area contributed by atoms with E-state index < -0.39 is 110 Å². The number of nitrogens with one attached hydrogen (secondary N) is 2. The van der Waals surface area contributed by atoms with Crippen LogP contribution in [0.4, 0.5) is 105 Å². The van der Waals surface area contributed by atoms with Crippen molar-refractivity contribution in [2.75, 3.05) is 13.1 Å². The third-order valence-corrected chi connectivity index (χ3v) is 6.50. The minimum Gasteiger partial charge on any atom is -0.351 e. The SMILES string of the molecule is O=C(NCCCCCCCCNC(=O)C(F)(F)C(F)(F)C(F)(F)C(F)(F)C(F)(F)C(F)F)C(F)(F)C(F)(F)C(F)(F)C(F)(F)C(F)(F)C(F)F. The maximum Gasteiger partial charge on any atom is 0.392 e. The number of amides is 2. The van der Waals surface area contributed by atoms with Crippen LogP contribution < -0.4 is 10.6 Å². The van der Waals surface area contributed by atoms with Crippen LogP contribution in [-0.4, -0.2) is 97.0 Å². The summed E-state index contributed by atoms with van der Waals surface area (Å²) in [6.45, 7) is -2.29. The van der Waals surface area contributed by atoms with Gasteiger partial charge in [0.2, 0.25) is 0 Å². The Hall–Kier alpha value is -2.74. The third-order valence-electron chi connectivity index (χ3n) is 6.50. The summed E-state index contributed by atoms with van der Waals surface area (Å²) in [5.41, 5.74) is 0. The predicted octanol–water partition coefficient (Wildman–Crippen LogP) is 8.44. The Labute approximate surface area is 262 Å². The summed E-state index contributed by atoms with van der Waals surface area (Å²) in [7, 11) is 0. The van der Waals surface area contributed by atoms with E-state index in [1.54, 1.807) is 0 Å². The Balaban J connectivity index is 4.98. The number of unbranched alkanes of at least 4 members (excludes halogenated alkanes) is 5. The molecule has 2 amide bonds. The fourth-order valence-electron chi connectivity index (χ4n) is 3.35.